The van der Waals surface area contributed by atoms with E-state index in [9.17, 15) is 0 Å². The minimum absolute atomic E-state index is 0.190. The first kappa shape index (κ1) is 16.8. The summed E-state index contributed by atoms with van der Waals surface area (Å²) in [6.45, 7) is 9.53. The Morgan fingerprint density at radius 3 is 1.27 bits per heavy atom. The molecular formula is C22H24N2O2. The fourth-order valence-corrected chi connectivity index (χ4v) is 3.25. The molecule has 134 valence electrons. The van der Waals surface area contributed by atoms with Gasteiger partial charge >= 0.3 is 0 Å². The van der Waals surface area contributed by atoms with E-state index in [0.29, 0.717) is 25.0 Å². The smallest absolute Gasteiger partial charge is 0.217 e. The van der Waals surface area contributed by atoms with Gasteiger partial charge in [0, 0.05) is 11.1 Å². The van der Waals surface area contributed by atoms with Gasteiger partial charge in [0.1, 0.15) is 13.2 Å². The summed E-state index contributed by atoms with van der Waals surface area (Å²) in [5.74, 6) is 1.41. The van der Waals surface area contributed by atoms with Crippen LogP contribution < -0.4 is 0 Å². The summed E-state index contributed by atoms with van der Waals surface area (Å²) in [5, 5.41) is 0. The fraction of sp³-hybridized carbons (Fsp3) is 0.364. The summed E-state index contributed by atoms with van der Waals surface area (Å²) in [5.41, 5.74) is 3.79. The van der Waals surface area contributed by atoms with Crippen molar-refractivity contribution in [3.8, 4) is 11.1 Å². The zero-order valence-corrected chi connectivity index (χ0v) is 15.7. The Morgan fingerprint density at radius 1 is 0.615 bits per heavy atom. The lowest BCUT2D eigenvalue weighted by atomic mass is 9.95. The number of aliphatic imine (C=N–C) groups is 2. The summed E-state index contributed by atoms with van der Waals surface area (Å²) < 4.78 is 11.8. The first-order chi connectivity index (χ1) is 12.3. The Morgan fingerprint density at radius 2 is 0.962 bits per heavy atom. The Bertz CT molecular complexity index is 834. The van der Waals surface area contributed by atoms with E-state index < -0.39 is 0 Å². The summed E-state index contributed by atoms with van der Waals surface area (Å²) in [6.07, 6.45) is 0. The highest BCUT2D eigenvalue weighted by Crippen LogP contribution is 2.33. The molecule has 0 N–H and O–H groups in total. The Balaban J connectivity index is 1.84. The molecule has 2 aromatic rings. The van der Waals surface area contributed by atoms with Crippen LogP contribution in [0.1, 0.15) is 38.8 Å². The number of rotatable bonds is 3. The van der Waals surface area contributed by atoms with Gasteiger partial charge in [0.25, 0.3) is 0 Å². The zero-order chi connectivity index (χ0) is 18.4. The molecule has 0 saturated heterocycles. The lowest BCUT2D eigenvalue weighted by Crippen LogP contribution is -2.17. The highest BCUT2D eigenvalue weighted by Gasteiger charge is 2.31. The largest absolute Gasteiger partial charge is 0.475 e. The lowest BCUT2D eigenvalue weighted by Gasteiger charge is -2.13. The first-order valence-corrected chi connectivity index (χ1v) is 8.99. The topological polar surface area (TPSA) is 43.2 Å². The highest BCUT2D eigenvalue weighted by atomic mass is 16.5. The third-order valence-electron chi connectivity index (χ3n) is 4.54. The number of ether oxygens (including phenoxy) is 2. The SMILES string of the molecule is CC1(C)COC(c2ccccc2-c2ccccc2C2=NC(C)(C)CO2)=N1. The summed E-state index contributed by atoms with van der Waals surface area (Å²) >= 11 is 0. The van der Waals surface area contributed by atoms with Crippen molar-refractivity contribution in [1.29, 1.82) is 0 Å². The van der Waals surface area contributed by atoms with Crippen molar-refractivity contribution in [3.63, 3.8) is 0 Å². The van der Waals surface area contributed by atoms with Crippen molar-refractivity contribution in [2.45, 2.75) is 38.8 Å². The molecule has 26 heavy (non-hydrogen) atoms. The van der Waals surface area contributed by atoms with Gasteiger partial charge in [-0.15, -0.1) is 0 Å². The second kappa shape index (κ2) is 5.97. The first-order valence-electron chi connectivity index (χ1n) is 8.99. The Labute approximate surface area is 154 Å². The molecule has 2 heterocycles. The van der Waals surface area contributed by atoms with E-state index in [1.54, 1.807) is 0 Å². The van der Waals surface area contributed by atoms with Crippen molar-refractivity contribution < 1.29 is 9.47 Å². The number of hydrogen-bond acceptors (Lipinski definition) is 4. The molecule has 0 bridgehead atoms. The van der Waals surface area contributed by atoms with Crippen LogP contribution >= 0.6 is 0 Å². The Hall–Kier alpha value is -2.62. The molecule has 2 aliphatic heterocycles. The van der Waals surface area contributed by atoms with Crippen LogP contribution in [0, 0.1) is 0 Å². The van der Waals surface area contributed by atoms with E-state index >= 15 is 0 Å². The molecule has 4 rings (SSSR count). The zero-order valence-electron chi connectivity index (χ0n) is 15.7. The van der Waals surface area contributed by atoms with Gasteiger partial charge in [-0.2, -0.15) is 0 Å². The van der Waals surface area contributed by atoms with Gasteiger partial charge in [-0.3, -0.25) is 0 Å². The van der Waals surface area contributed by atoms with Crippen LogP contribution in [0.15, 0.2) is 58.5 Å². The molecule has 4 nitrogen and oxygen atoms in total. The van der Waals surface area contributed by atoms with Crippen molar-refractivity contribution in [1.82, 2.24) is 0 Å². The molecular weight excluding hydrogens is 324 g/mol. The van der Waals surface area contributed by atoms with Gasteiger partial charge in [0.2, 0.25) is 11.8 Å². The van der Waals surface area contributed by atoms with Crippen molar-refractivity contribution in [2.24, 2.45) is 9.98 Å². The van der Waals surface area contributed by atoms with Crippen LogP contribution in [0.3, 0.4) is 0 Å². The van der Waals surface area contributed by atoms with Crippen LogP contribution in [-0.4, -0.2) is 36.1 Å². The minimum Gasteiger partial charge on any atom is -0.475 e. The van der Waals surface area contributed by atoms with Crippen LogP contribution in [0.5, 0.6) is 0 Å². The van der Waals surface area contributed by atoms with E-state index in [2.05, 4.69) is 52.0 Å². The van der Waals surface area contributed by atoms with Crippen LogP contribution in [0.4, 0.5) is 0 Å². The maximum Gasteiger partial charge on any atom is 0.217 e. The molecule has 0 amide bonds. The molecule has 0 unspecified atom stereocenters. The summed E-state index contributed by atoms with van der Waals surface area (Å²) in [4.78, 5) is 9.52. The lowest BCUT2D eigenvalue weighted by molar-refractivity contribution is 0.279. The van der Waals surface area contributed by atoms with Gasteiger partial charge in [-0.05, 0) is 51.0 Å². The highest BCUT2D eigenvalue weighted by molar-refractivity contribution is 6.07. The van der Waals surface area contributed by atoms with E-state index in [-0.39, 0.29) is 11.1 Å². The quantitative estimate of drug-likeness (QED) is 0.822. The van der Waals surface area contributed by atoms with Crippen molar-refractivity contribution >= 4 is 11.8 Å². The minimum atomic E-state index is -0.190. The van der Waals surface area contributed by atoms with Crippen LogP contribution in [-0.2, 0) is 9.47 Å². The molecule has 4 heteroatoms. The van der Waals surface area contributed by atoms with Gasteiger partial charge < -0.3 is 9.47 Å². The fourth-order valence-electron chi connectivity index (χ4n) is 3.25. The number of hydrogen-bond donors (Lipinski definition) is 0. The molecule has 0 radical (unpaired) electrons. The summed E-state index contributed by atoms with van der Waals surface area (Å²) in [7, 11) is 0. The second-order valence-corrected chi connectivity index (χ2v) is 8.13. The van der Waals surface area contributed by atoms with Gasteiger partial charge in [0.05, 0.1) is 11.1 Å². The molecule has 0 atom stereocenters. The van der Waals surface area contributed by atoms with E-state index in [4.69, 9.17) is 19.5 Å². The second-order valence-electron chi connectivity index (χ2n) is 8.13. The third kappa shape index (κ3) is 3.12. The molecule has 0 fully saturated rings. The average Bonchev–Trinajstić information content (AvgIpc) is 3.16. The Kier molecular flexibility index (Phi) is 3.87. The van der Waals surface area contributed by atoms with Crippen LogP contribution in [0.25, 0.3) is 11.1 Å². The van der Waals surface area contributed by atoms with Crippen LogP contribution in [0.2, 0.25) is 0 Å². The molecule has 0 spiro atoms. The van der Waals surface area contributed by atoms with Gasteiger partial charge in [0.15, 0.2) is 0 Å². The molecule has 0 saturated carbocycles. The number of nitrogens with zero attached hydrogens (tertiary/aromatic N) is 2. The monoisotopic (exact) mass is 348 g/mol. The maximum atomic E-state index is 5.90. The van der Waals surface area contributed by atoms with Crippen molar-refractivity contribution in [2.75, 3.05) is 13.2 Å². The predicted molar refractivity (Wildman–Crippen MR) is 105 cm³/mol. The summed E-state index contributed by atoms with van der Waals surface area (Å²) in [6, 6.07) is 16.4. The normalized spacial score (nSPS) is 20.2. The van der Waals surface area contributed by atoms with Gasteiger partial charge in [-0.1, -0.05) is 36.4 Å². The molecule has 2 aliphatic rings. The van der Waals surface area contributed by atoms with E-state index in [0.717, 1.165) is 22.3 Å². The molecule has 2 aromatic carbocycles. The molecule has 0 aromatic heterocycles. The standard InChI is InChI=1S/C22H24N2O2/c1-21(2)13-25-19(23-21)17-11-7-5-9-15(17)16-10-6-8-12-18(16)20-24-22(3,4)14-26-20/h5-12H,13-14H2,1-4H3. The molecule has 0 aliphatic carbocycles. The predicted octanol–water partition coefficient (Wildman–Crippen LogP) is 4.46. The van der Waals surface area contributed by atoms with Gasteiger partial charge in [-0.25, -0.2) is 9.98 Å². The van der Waals surface area contributed by atoms with E-state index in [1.807, 2.05) is 24.3 Å². The van der Waals surface area contributed by atoms with Crippen molar-refractivity contribution in [3.05, 3.63) is 59.7 Å². The third-order valence-corrected chi connectivity index (χ3v) is 4.54. The maximum absolute atomic E-state index is 5.90. The number of benzene rings is 2. The van der Waals surface area contributed by atoms with E-state index in [1.165, 1.54) is 0 Å². The average molecular weight is 348 g/mol.